The Morgan fingerprint density at radius 2 is 2.35 bits per heavy atom. The number of hydrazine groups is 1. The lowest BCUT2D eigenvalue weighted by molar-refractivity contribution is 0.0905. The molecule has 0 saturated carbocycles. The average molecular weight is 240 g/mol. The minimum atomic E-state index is -0.362. The third kappa shape index (κ3) is 4.58. The van der Waals surface area contributed by atoms with E-state index in [0.717, 1.165) is 12.8 Å². The molecule has 1 amide bonds. The van der Waals surface area contributed by atoms with Crippen LogP contribution in [-0.4, -0.2) is 12.5 Å². The molecule has 3 N–H and O–H groups in total. The molecule has 96 valence electrons. The number of carbonyl (C=O) groups excluding carboxylic acids is 1. The summed E-state index contributed by atoms with van der Waals surface area (Å²) in [5.41, 5.74) is 2.50. The van der Waals surface area contributed by atoms with Crippen molar-refractivity contribution in [2.45, 2.75) is 33.3 Å². The SMILES string of the molecule is CC(C)CCCOCc1occc1C(=O)NN. The second-order valence-corrected chi connectivity index (χ2v) is 4.32. The van der Waals surface area contributed by atoms with E-state index in [4.69, 9.17) is 15.0 Å². The summed E-state index contributed by atoms with van der Waals surface area (Å²) in [7, 11) is 0. The first-order valence-corrected chi connectivity index (χ1v) is 5.80. The normalized spacial score (nSPS) is 10.8. The van der Waals surface area contributed by atoms with Gasteiger partial charge in [-0.3, -0.25) is 10.2 Å². The van der Waals surface area contributed by atoms with Crippen molar-refractivity contribution in [1.29, 1.82) is 0 Å². The van der Waals surface area contributed by atoms with E-state index in [1.165, 1.54) is 6.26 Å². The fourth-order valence-corrected chi connectivity index (χ4v) is 1.49. The first-order chi connectivity index (χ1) is 8.15. The lowest BCUT2D eigenvalue weighted by Crippen LogP contribution is -2.30. The predicted molar refractivity (Wildman–Crippen MR) is 64.1 cm³/mol. The van der Waals surface area contributed by atoms with Crippen molar-refractivity contribution in [3.63, 3.8) is 0 Å². The summed E-state index contributed by atoms with van der Waals surface area (Å²) < 4.78 is 10.6. The van der Waals surface area contributed by atoms with Crippen LogP contribution in [0.5, 0.6) is 0 Å². The van der Waals surface area contributed by atoms with Gasteiger partial charge in [0, 0.05) is 6.61 Å². The van der Waals surface area contributed by atoms with Gasteiger partial charge in [-0.2, -0.15) is 0 Å². The van der Waals surface area contributed by atoms with Crippen molar-refractivity contribution >= 4 is 5.91 Å². The molecule has 5 heteroatoms. The summed E-state index contributed by atoms with van der Waals surface area (Å²) in [4.78, 5) is 11.3. The molecule has 0 aliphatic carbocycles. The molecular weight excluding hydrogens is 220 g/mol. The van der Waals surface area contributed by atoms with E-state index in [1.807, 2.05) is 0 Å². The predicted octanol–water partition coefficient (Wildman–Crippen LogP) is 1.84. The van der Waals surface area contributed by atoms with E-state index in [1.54, 1.807) is 6.07 Å². The number of amides is 1. The zero-order valence-electron chi connectivity index (χ0n) is 10.4. The summed E-state index contributed by atoms with van der Waals surface area (Å²) >= 11 is 0. The Hall–Kier alpha value is -1.33. The van der Waals surface area contributed by atoms with Crippen LogP contribution in [0.15, 0.2) is 16.7 Å². The van der Waals surface area contributed by atoms with Gasteiger partial charge < -0.3 is 9.15 Å². The molecule has 0 bridgehead atoms. The number of ether oxygens (including phenoxy) is 1. The lowest BCUT2D eigenvalue weighted by Gasteiger charge is -2.05. The minimum absolute atomic E-state index is 0.299. The Balaban J connectivity index is 2.32. The molecule has 17 heavy (non-hydrogen) atoms. The quantitative estimate of drug-likeness (QED) is 0.330. The number of hydrogen-bond acceptors (Lipinski definition) is 4. The van der Waals surface area contributed by atoms with E-state index >= 15 is 0 Å². The highest BCUT2D eigenvalue weighted by Gasteiger charge is 2.13. The van der Waals surface area contributed by atoms with Gasteiger partial charge in [0.1, 0.15) is 12.4 Å². The molecule has 1 heterocycles. The number of hydrogen-bond donors (Lipinski definition) is 2. The molecule has 0 fully saturated rings. The van der Waals surface area contributed by atoms with Crippen LogP contribution >= 0.6 is 0 Å². The van der Waals surface area contributed by atoms with Crippen molar-refractivity contribution in [3.8, 4) is 0 Å². The lowest BCUT2D eigenvalue weighted by atomic mass is 10.1. The zero-order valence-corrected chi connectivity index (χ0v) is 10.4. The number of furan rings is 1. The molecule has 1 rings (SSSR count). The molecule has 1 aromatic rings. The largest absolute Gasteiger partial charge is 0.466 e. The Morgan fingerprint density at radius 1 is 1.59 bits per heavy atom. The number of nitrogens with two attached hydrogens (primary N) is 1. The number of nitrogen functional groups attached to an aromatic ring is 1. The summed E-state index contributed by atoms with van der Waals surface area (Å²) in [5.74, 6) is 5.89. The highest BCUT2D eigenvalue weighted by molar-refractivity contribution is 5.94. The van der Waals surface area contributed by atoms with Crippen LogP contribution < -0.4 is 11.3 Å². The summed E-state index contributed by atoms with van der Waals surface area (Å²) in [6.07, 6.45) is 3.60. The summed E-state index contributed by atoms with van der Waals surface area (Å²) in [6, 6.07) is 1.58. The van der Waals surface area contributed by atoms with Gasteiger partial charge in [0.05, 0.1) is 11.8 Å². The van der Waals surface area contributed by atoms with E-state index in [9.17, 15) is 4.79 Å². The second-order valence-electron chi connectivity index (χ2n) is 4.32. The summed E-state index contributed by atoms with van der Waals surface area (Å²) in [6.45, 7) is 5.32. The Bertz CT molecular complexity index is 347. The molecule has 0 unspecified atom stereocenters. The standard InChI is InChI=1S/C12H20N2O3/c1-9(2)4-3-6-16-8-11-10(5-7-17-11)12(15)14-13/h5,7,9H,3-4,6,8,13H2,1-2H3,(H,14,15). The maximum Gasteiger partial charge on any atom is 0.268 e. The number of nitrogens with one attached hydrogen (secondary N) is 1. The first-order valence-electron chi connectivity index (χ1n) is 5.80. The van der Waals surface area contributed by atoms with E-state index < -0.39 is 0 Å². The van der Waals surface area contributed by atoms with Gasteiger partial charge in [0.2, 0.25) is 0 Å². The summed E-state index contributed by atoms with van der Waals surface area (Å²) in [5, 5.41) is 0. The second kappa shape index (κ2) is 7.09. The average Bonchev–Trinajstić information content (AvgIpc) is 2.75. The van der Waals surface area contributed by atoms with Gasteiger partial charge in [0.25, 0.3) is 5.91 Å². The van der Waals surface area contributed by atoms with Crippen molar-refractivity contribution in [2.24, 2.45) is 11.8 Å². The Kier molecular flexibility index (Phi) is 5.72. The topological polar surface area (TPSA) is 77.5 Å². The maximum absolute atomic E-state index is 11.3. The molecular formula is C12H20N2O3. The molecule has 0 aliphatic heterocycles. The fourth-order valence-electron chi connectivity index (χ4n) is 1.49. The molecule has 1 aromatic heterocycles. The molecule has 0 atom stereocenters. The third-order valence-corrected chi connectivity index (χ3v) is 2.42. The Morgan fingerprint density at radius 3 is 3.00 bits per heavy atom. The van der Waals surface area contributed by atoms with Crippen molar-refractivity contribution in [1.82, 2.24) is 5.43 Å². The van der Waals surface area contributed by atoms with Crippen LogP contribution in [0, 0.1) is 5.92 Å². The monoisotopic (exact) mass is 240 g/mol. The van der Waals surface area contributed by atoms with Gasteiger partial charge >= 0.3 is 0 Å². The van der Waals surface area contributed by atoms with Crippen LogP contribution in [0.25, 0.3) is 0 Å². The molecule has 0 aromatic carbocycles. The van der Waals surface area contributed by atoms with Crippen molar-refractivity contribution < 1.29 is 13.9 Å². The number of carbonyl (C=O) groups is 1. The molecule has 0 radical (unpaired) electrons. The number of rotatable bonds is 7. The van der Waals surface area contributed by atoms with Gasteiger partial charge in [-0.1, -0.05) is 13.8 Å². The highest BCUT2D eigenvalue weighted by atomic mass is 16.5. The fraction of sp³-hybridized carbons (Fsp3) is 0.583. The van der Waals surface area contributed by atoms with Crippen LogP contribution in [0.2, 0.25) is 0 Å². The van der Waals surface area contributed by atoms with Crippen LogP contribution in [0.1, 0.15) is 42.8 Å². The molecule has 0 aliphatic rings. The van der Waals surface area contributed by atoms with Crippen LogP contribution in [-0.2, 0) is 11.3 Å². The molecule has 5 nitrogen and oxygen atoms in total. The van der Waals surface area contributed by atoms with Crippen molar-refractivity contribution in [3.05, 3.63) is 23.7 Å². The molecule has 0 saturated heterocycles. The first kappa shape index (κ1) is 13.7. The van der Waals surface area contributed by atoms with Gasteiger partial charge in [0.15, 0.2) is 0 Å². The van der Waals surface area contributed by atoms with Crippen LogP contribution in [0.3, 0.4) is 0 Å². The highest BCUT2D eigenvalue weighted by Crippen LogP contribution is 2.12. The zero-order chi connectivity index (χ0) is 12.7. The van der Waals surface area contributed by atoms with Gasteiger partial charge in [-0.25, -0.2) is 5.84 Å². The van der Waals surface area contributed by atoms with E-state index in [-0.39, 0.29) is 5.91 Å². The van der Waals surface area contributed by atoms with E-state index in [2.05, 4.69) is 19.3 Å². The van der Waals surface area contributed by atoms with E-state index in [0.29, 0.717) is 30.5 Å². The van der Waals surface area contributed by atoms with Crippen LogP contribution in [0.4, 0.5) is 0 Å². The van der Waals surface area contributed by atoms with Crippen molar-refractivity contribution in [2.75, 3.05) is 6.61 Å². The third-order valence-electron chi connectivity index (χ3n) is 2.42. The molecule has 0 spiro atoms. The smallest absolute Gasteiger partial charge is 0.268 e. The van der Waals surface area contributed by atoms with Gasteiger partial charge in [-0.05, 0) is 24.8 Å². The maximum atomic E-state index is 11.3. The minimum Gasteiger partial charge on any atom is -0.466 e. The van der Waals surface area contributed by atoms with Gasteiger partial charge in [-0.15, -0.1) is 0 Å². The Labute approximate surface area is 101 Å².